The molecule has 2 bridgehead atoms. The van der Waals surface area contributed by atoms with Crippen LogP contribution in [0, 0.1) is 35.0 Å². The van der Waals surface area contributed by atoms with E-state index in [2.05, 4.69) is 0 Å². The Morgan fingerprint density at radius 1 is 0.810 bits per heavy atom. The second-order valence-corrected chi connectivity index (χ2v) is 12.3. The quantitative estimate of drug-likeness (QED) is 0.312. The Kier molecular flexibility index (Phi) is 5.49. The number of fused-ring (bicyclic) bond motifs is 11. The molecule has 9 atom stereocenters. The van der Waals surface area contributed by atoms with E-state index in [4.69, 9.17) is 14.2 Å². The van der Waals surface area contributed by atoms with Crippen molar-refractivity contribution in [1.82, 2.24) is 0 Å². The third-order valence-electron chi connectivity index (χ3n) is 10.4. The van der Waals surface area contributed by atoms with Crippen LogP contribution in [0.2, 0.25) is 0 Å². The van der Waals surface area contributed by atoms with E-state index >= 15 is 0 Å². The van der Waals surface area contributed by atoms with Crippen LogP contribution in [-0.4, -0.2) is 41.5 Å². The number of rotatable bonds is 4. The van der Waals surface area contributed by atoms with Crippen molar-refractivity contribution in [3.8, 4) is 0 Å². The second-order valence-electron chi connectivity index (χ2n) is 12.3. The van der Waals surface area contributed by atoms with Gasteiger partial charge in [0, 0.05) is 35.2 Å². The Labute approximate surface area is 241 Å². The molecule has 3 heterocycles. The van der Waals surface area contributed by atoms with Gasteiger partial charge in [0.05, 0.1) is 19.3 Å². The molecule has 6 aliphatic rings. The van der Waals surface area contributed by atoms with Gasteiger partial charge in [0.15, 0.2) is 17.3 Å². The summed E-state index contributed by atoms with van der Waals surface area (Å²) in [7, 11) is 0. The first-order valence-corrected chi connectivity index (χ1v) is 14.6. The third-order valence-corrected chi connectivity index (χ3v) is 10.4. The van der Waals surface area contributed by atoms with Gasteiger partial charge >= 0.3 is 11.9 Å². The number of carbonyl (C=O) groups excluding carboxylic acids is 5. The van der Waals surface area contributed by atoms with Gasteiger partial charge in [-0.3, -0.25) is 24.0 Å². The fraction of sp³-hybridized carbons (Fsp3) is 0.382. The van der Waals surface area contributed by atoms with Crippen molar-refractivity contribution in [3.63, 3.8) is 0 Å². The molecule has 212 valence electrons. The van der Waals surface area contributed by atoms with Gasteiger partial charge in [-0.2, -0.15) is 0 Å². The fourth-order valence-corrected chi connectivity index (χ4v) is 8.86. The lowest BCUT2D eigenvalue weighted by atomic mass is 9.57. The minimum atomic E-state index is -1.69. The molecule has 8 nitrogen and oxygen atoms in total. The highest BCUT2D eigenvalue weighted by Crippen LogP contribution is 2.69. The van der Waals surface area contributed by atoms with Crippen molar-refractivity contribution < 1.29 is 38.2 Å². The van der Waals surface area contributed by atoms with Crippen LogP contribution in [0.25, 0.3) is 6.08 Å². The van der Waals surface area contributed by atoms with E-state index in [1.807, 2.05) is 60.7 Å². The summed E-state index contributed by atoms with van der Waals surface area (Å²) in [6, 6.07) is 18.7. The zero-order valence-electron chi connectivity index (χ0n) is 22.6. The minimum Gasteiger partial charge on any atom is -0.489 e. The molecule has 0 amide bonds. The maximum atomic E-state index is 14.6. The number of carbonyl (C=O) groups is 5. The van der Waals surface area contributed by atoms with Crippen LogP contribution in [0.4, 0.5) is 0 Å². The lowest BCUT2D eigenvalue weighted by Crippen LogP contribution is -2.54. The molecule has 8 rings (SSSR count). The lowest BCUT2D eigenvalue weighted by Gasteiger charge is -2.46. The smallest absolute Gasteiger partial charge is 0.306 e. The van der Waals surface area contributed by atoms with Crippen LogP contribution >= 0.6 is 0 Å². The molecule has 2 saturated carbocycles. The van der Waals surface area contributed by atoms with E-state index in [0.29, 0.717) is 11.3 Å². The van der Waals surface area contributed by atoms with E-state index in [1.54, 1.807) is 6.08 Å². The molecular weight excluding hydrogens is 536 g/mol. The summed E-state index contributed by atoms with van der Waals surface area (Å²) in [4.78, 5) is 68.5. The number of benzene rings is 2. The summed E-state index contributed by atoms with van der Waals surface area (Å²) in [6.07, 6.45) is 1.42. The number of hydrogen-bond acceptors (Lipinski definition) is 8. The molecule has 0 aromatic heterocycles. The summed E-state index contributed by atoms with van der Waals surface area (Å²) >= 11 is 0. The number of allylic oxidation sites excluding steroid dienone is 2. The van der Waals surface area contributed by atoms with Gasteiger partial charge in [-0.15, -0.1) is 0 Å². The summed E-state index contributed by atoms with van der Waals surface area (Å²) < 4.78 is 18.3. The third kappa shape index (κ3) is 3.38. The van der Waals surface area contributed by atoms with Crippen LogP contribution in [0.1, 0.15) is 42.9 Å². The standard InChI is InChI=1S/C34H28O8/c35-22-16-23(18-9-5-2-6-10-18)41-32-28(22)19-14-26(37)42-31(19)29-20-13-24-21(15-27(38)40-24)34(30(29)32,33(20)39)25(36)12-11-17-7-3-1-4-8-17/h1-12,19-21,23-24,29-31H,13-16H2/t19-,20-,21+,23+,24+,29-,30+,31-,34-/m1/s1. The average molecular weight is 565 g/mol. The van der Waals surface area contributed by atoms with Gasteiger partial charge in [0.1, 0.15) is 29.5 Å². The Balaban J connectivity index is 1.33. The first-order chi connectivity index (χ1) is 20.4. The van der Waals surface area contributed by atoms with Crippen LogP contribution in [0.15, 0.2) is 78.1 Å². The van der Waals surface area contributed by atoms with Gasteiger partial charge in [-0.05, 0) is 23.6 Å². The minimum absolute atomic E-state index is 0.0232. The van der Waals surface area contributed by atoms with E-state index in [1.165, 1.54) is 6.08 Å². The SMILES string of the molecule is O=C1C[C@@H]2C3=C(O[C@H](c4ccccc4)CC3=O)[C@@H]3[C@H]([C@@H]2O1)[C@H]1C[C@@H]2OC(=O)C[C@@H]2[C@]3(C(=O)C=Cc2ccccc2)C1=O. The Morgan fingerprint density at radius 3 is 2.29 bits per heavy atom. The predicted octanol–water partition coefficient (Wildman–Crippen LogP) is 3.95. The van der Waals surface area contributed by atoms with E-state index in [-0.39, 0.29) is 37.2 Å². The van der Waals surface area contributed by atoms with E-state index in [0.717, 1.165) is 11.1 Å². The van der Waals surface area contributed by atoms with Crippen LogP contribution in [-0.2, 0) is 38.2 Å². The van der Waals surface area contributed by atoms with Crippen molar-refractivity contribution in [2.24, 2.45) is 35.0 Å². The van der Waals surface area contributed by atoms with Crippen molar-refractivity contribution in [2.45, 2.75) is 44.0 Å². The van der Waals surface area contributed by atoms with Crippen LogP contribution in [0.5, 0.6) is 0 Å². The molecule has 42 heavy (non-hydrogen) atoms. The maximum Gasteiger partial charge on any atom is 0.306 e. The summed E-state index contributed by atoms with van der Waals surface area (Å²) in [5.74, 6) is -4.78. The van der Waals surface area contributed by atoms with Crippen LogP contribution < -0.4 is 0 Å². The average Bonchev–Trinajstić information content (AvgIpc) is 3.62. The van der Waals surface area contributed by atoms with Crippen molar-refractivity contribution in [2.75, 3.05) is 0 Å². The molecule has 4 fully saturated rings. The molecule has 0 N–H and O–H groups in total. The largest absolute Gasteiger partial charge is 0.489 e. The number of ether oxygens (including phenoxy) is 3. The number of ketones is 3. The van der Waals surface area contributed by atoms with Crippen LogP contribution in [0.3, 0.4) is 0 Å². The molecule has 8 heteroatoms. The summed E-state index contributed by atoms with van der Waals surface area (Å²) in [5.41, 5.74) is 0.271. The first-order valence-electron chi connectivity index (χ1n) is 14.6. The first kappa shape index (κ1) is 25.4. The van der Waals surface area contributed by atoms with Gasteiger partial charge in [0.2, 0.25) is 0 Å². The molecule has 0 spiro atoms. The van der Waals surface area contributed by atoms with Crippen molar-refractivity contribution in [3.05, 3.63) is 89.2 Å². The molecule has 2 aromatic rings. The topological polar surface area (TPSA) is 113 Å². The molecule has 2 saturated heterocycles. The highest BCUT2D eigenvalue weighted by molar-refractivity contribution is 6.17. The van der Waals surface area contributed by atoms with Crippen molar-refractivity contribution in [1.29, 1.82) is 0 Å². The zero-order valence-corrected chi connectivity index (χ0v) is 22.6. The molecular formula is C34H28O8. The summed E-state index contributed by atoms with van der Waals surface area (Å²) in [6.45, 7) is 0. The fourth-order valence-electron chi connectivity index (χ4n) is 8.86. The highest BCUT2D eigenvalue weighted by atomic mass is 16.6. The number of esters is 2. The molecule has 3 aliphatic carbocycles. The molecule has 2 aromatic carbocycles. The Hall–Kier alpha value is -4.33. The van der Waals surface area contributed by atoms with Gasteiger partial charge in [-0.25, -0.2) is 0 Å². The van der Waals surface area contributed by atoms with Crippen molar-refractivity contribution >= 4 is 35.4 Å². The number of hydrogen-bond donors (Lipinski definition) is 0. The molecule has 3 aliphatic heterocycles. The Morgan fingerprint density at radius 2 is 1.52 bits per heavy atom. The molecule has 0 radical (unpaired) electrons. The lowest BCUT2D eigenvalue weighted by molar-refractivity contribution is -0.154. The van der Waals surface area contributed by atoms with Gasteiger partial charge in [0.25, 0.3) is 0 Å². The zero-order chi connectivity index (χ0) is 28.7. The highest BCUT2D eigenvalue weighted by Gasteiger charge is 2.78. The maximum absolute atomic E-state index is 14.6. The van der Waals surface area contributed by atoms with E-state index in [9.17, 15) is 24.0 Å². The summed E-state index contributed by atoms with van der Waals surface area (Å²) in [5, 5.41) is 0. The van der Waals surface area contributed by atoms with E-state index < -0.39 is 71.0 Å². The normalized spacial score (nSPS) is 37.9. The predicted molar refractivity (Wildman–Crippen MR) is 146 cm³/mol. The Bertz CT molecular complexity index is 1610. The number of Topliss-reactive ketones (excluding diaryl/α,β-unsaturated/α-hetero) is 2. The second kappa shape index (κ2) is 9.08. The molecule has 0 unspecified atom stereocenters. The van der Waals surface area contributed by atoms with Gasteiger partial charge < -0.3 is 14.2 Å². The monoisotopic (exact) mass is 564 g/mol. The van der Waals surface area contributed by atoms with Gasteiger partial charge in [-0.1, -0.05) is 66.7 Å².